The van der Waals surface area contributed by atoms with Crippen molar-refractivity contribution in [3.8, 4) is 0 Å². The summed E-state index contributed by atoms with van der Waals surface area (Å²) in [7, 11) is 0.561. The van der Waals surface area contributed by atoms with Gasteiger partial charge in [0.2, 0.25) is 0 Å². The minimum atomic E-state index is -0.936. The van der Waals surface area contributed by atoms with Crippen LogP contribution in [0.2, 0.25) is 0 Å². The summed E-state index contributed by atoms with van der Waals surface area (Å²) < 4.78 is 5.01. The van der Waals surface area contributed by atoms with Crippen molar-refractivity contribution in [2.75, 3.05) is 44.8 Å². The summed E-state index contributed by atoms with van der Waals surface area (Å²) in [6.07, 6.45) is 13.7. The van der Waals surface area contributed by atoms with Crippen LogP contribution in [0.5, 0.6) is 0 Å². The third kappa shape index (κ3) is 12.4. The normalized spacial score (nSPS) is 12.5. The van der Waals surface area contributed by atoms with Crippen molar-refractivity contribution in [2.24, 2.45) is 5.92 Å². The molecule has 0 heterocycles. The summed E-state index contributed by atoms with van der Waals surface area (Å²) in [4.78, 5) is 14.6. The molecule has 3 nitrogen and oxygen atoms in total. The second-order valence-electron chi connectivity index (χ2n) is 8.94. The SMILES string of the molecule is CCCC[P+](CCCC)(CCCC)CCN(Cc1ccccc1)CC(C)C(=O)OC.[Br-]. The van der Waals surface area contributed by atoms with Crippen LogP contribution >= 0.6 is 7.26 Å². The molecular weight excluding hydrogens is 469 g/mol. The van der Waals surface area contributed by atoms with Gasteiger partial charge in [-0.1, -0.05) is 77.3 Å². The van der Waals surface area contributed by atoms with Crippen LogP contribution in [-0.4, -0.2) is 55.7 Å². The summed E-state index contributed by atoms with van der Waals surface area (Å²) in [5.74, 6) is -0.189. The first kappa shape index (κ1) is 30.6. The Bertz CT molecular complexity index is 548. The molecule has 5 heteroatoms. The Labute approximate surface area is 203 Å². The average molecular weight is 517 g/mol. The van der Waals surface area contributed by atoms with Gasteiger partial charge in [-0.15, -0.1) is 0 Å². The topological polar surface area (TPSA) is 29.5 Å². The molecule has 0 radical (unpaired) electrons. The molecule has 0 saturated carbocycles. The fourth-order valence-corrected chi connectivity index (χ4v) is 9.25. The molecule has 1 atom stereocenters. The summed E-state index contributed by atoms with van der Waals surface area (Å²) in [5.41, 5.74) is 1.33. The second kappa shape index (κ2) is 18.0. The molecule has 0 aliphatic carbocycles. The number of benzene rings is 1. The maximum absolute atomic E-state index is 12.1. The quantitative estimate of drug-likeness (QED) is 0.234. The Hall–Kier alpha value is -0.440. The van der Waals surface area contributed by atoms with Gasteiger partial charge in [-0.3, -0.25) is 9.69 Å². The van der Waals surface area contributed by atoms with Crippen molar-refractivity contribution < 1.29 is 26.5 Å². The number of halogens is 1. The van der Waals surface area contributed by atoms with Gasteiger partial charge in [0.05, 0.1) is 37.7 Å². The van der Waals surface area contributed by atoms with Crippen molar-refractivity contribution >= 4 is 13.2 Å². The number of carbonyl (C=O) groups is 1. The van der Waals surface area contributed by atoms with Crippen LogP contribution in [0.15, 0.2) is 30.3 Å². The number of carbonyl (C=O) groups excluding carboxylic acids is 1. The highest BCUT2D eigenvalue weighted by molar-refractivity contribution is 7.75. The molecule has 31 heavy (non-hydrogen) atoms. The van der Waals surface area contributed by atoms with E-state index in [1.165, 1.54) is 75.8 Å². The Morgan fingerprint density at radius 3 is 1.90 bits per heavy atom. The van der Waals surface area contributed by atoms with E-state index in [9.17, 15) is 4.79 Å². The van der Waals surface area contributed by atoms with Crippen LogP contribution in [0.1, 0.15) is 71.8 Å². The monoisotopic (exact) mass is 515 g/mol. The van der Waals surface area contributed by atoms with Gasteiger partial charge in [0.15, 0.2) is 0 Å². The summed E-state index contributed by atoms with van der Waals surface area (Å²) in [6, 6.07) is 10.7. The van der Waals surface area contributed by atoms with Crippen molar-refractivity contribution in [1.29, 1.82) is 0 Å². The first-order valence-corrected chi connectivity index (χ1v) is 14.7. The highest BCUT2D eigenvalue weighted by atomic mass is 79.9. The maximum Gasteiger partial charge on any atom is 0.309 e. The van der Waals surface area contributed by atoms with Crippen LogP contribution in [0.4, 0.5) is 0 Å². The van der Waals surface area contributed by atoms with Crippen molar-refractivity contribution in [3.63, 3.8) is 0 Å². The Kier molecular flexibility index (Phi) is 17.8. The zero-order chi connectivity index (χ0) is 22.2. The molecule has 0 aliphatic rings. The highest BCUT2D eigenvalue weighted by Crippen LogP contribution is 2.60. The largest absolute Gasteiger partial charge is 1.00 e. The molecule has 0 aromatic heterocycles. The third-order valence-corrected chi connectivity index (χ3v) is 11.2. The number of rotatable bonds is 17. The number of methoxy groups -OCH3 is 1. The predicted molar refractivity (Wildman–Crippen MR) is 134 cm³/mol. The van der Waals surface area contributed by atoms with E-state index >= 15 is 0 Å². The standard InChI is InChI=1S/C26H47NO2P.BrH/c1-6-9-18-30(19-10-7-2,20-11-8-3)21-17-27(22-24(4)26(28)29-5)23-25-15-13-12-14-16-25;/h12-16,24H,6-11,17-23H2,1-5H3;1H/q+1;/p-1. The van der Waals surface area contributed by atoms with Gasteiger partial charge < -0.3 is 21.7 Å². The van der Waals surface area contributed by atoms with Crippen LogP contribution in [0.3, 0.4) is 0 Å². The van der Waals surface area contributed by atoms with Gasteiger partial charge in [0.25, 0.3) is 0 Å². The second-order valence-corrected chi connectivity index (χ2v) is 13.4. The van der Waals surface area contributed by atoms with E-state index in [0.717, 1.165) is 19.6 Å². The van der Waals surface area contributed by atoms with Crippen molar-refractivity contribution in [1.82, 2.24) is 4.90 Å². The first-order valence-electron chi connectivity index (χ1n) is 12.2. The summed E-state index contributed by atoms with van der Waals surface area (Å²) in [6.45, 7) is 11.8. The molecule has 0 saturated heterocycles. The van der Waals surface area contributed by atoms with E-state index in [1.807, 2.05) is 6.92 Å². The molecule has 0 fully saturated rings. The summed E-state index contributed by atoms with van der Waals surface area (Å²) >= 11 is 0. The lowest BCUT2D eigenvalue weighted by molar-refractivity contribution is -0.145. The van der Waals surface area contributed by atoms with E-state index in [1.54, 1.807) is 0 Å². The number of esters is 1. The molecule has 0 spiro atoms. The third-order valence-electron chi connectivity index (χ3n) is 6.23. The lowest BCUT2D eigenvalue weighted by Crippen LogP contribution is -3.00. The molecule has 180 valence electrons. The predicted octanol–water partition coefficient (Wildman–Crippen LogP) is 3.72. The number of nitrogens with zero attached hydrogens (tertiary/aromatic N) is 1. The Morgan fingerprint density at radius 1 is 0.935 bits per heavy atom. The molecular formula is C26H47BrNO2P. The van der Waals surface area contributed by atoms with Gasteiger partial charge in [0.1, 0.15) is 0 Å². The van der Waals surface area contributed by atoms with Gasteiger partial charge in [-0.05, 0) is 24.8 Å². The van der Waals surface area contributed by atoms with Gasteiger partial charge in [-0.2, -0.15) is 0 Å². The lowest BCUT2D eigenvalue weighted by Gasteiger charge is -2.32. The van der Waals surface area contributed by atoms with E-state index in [-0.39, 0.29) is 28.9 Å². The van der Waals surface area contributed by atoms with E-state index in [4.69, 9.17) is 4.74 Å². The number of ether oxygens (including phenoxy) is 1. The zero-order valence-electron chi connectivity index (χ0n) is 20.7. The van der Waals surface area contributed by atoms with E-state index in [2.05, 4.69) is 56.0 Å². The lowest BCUT2D eigenvalue weighted by atomic mass is 10.1. The van der Waals surface area contributed by atoms with Gasteiger partial charge in [-0.25, -0.2) is 0 Å². The molecule has 1 aromatic carbocycles. The average Bonchev–Trinajstić information content (AvgIpc) is 2.78. The number of hydrogen-bond acceptors (Lipinski definition) is 3. The molecule has 0 bridgehead atoms. The molecule has 1 aromatic rings. The molecule has 0 N–H and O–H groups in total. The Balaban J connectivity index is 0.00000900. The van der Waals surface area contributed by atoms with Gasteiger partial charge >= 0.3 is 5.97 Å². The van der Waals surface area contributed by atoms with E-state index in [0.29, 0.717) is 0 Å². The van der Waals surface area contributed by atoms with Gasteiger partial charge in [0, 0.05) is 26.9 Å². The molecule has 0 amide bonds. The minimum absolute atomic E-state index is 0. The first-order chi connectivity index (χ1) is 14.5. The Morgan fingerprint density at radius 2 is 1.45 bits per heavy atom. The van der Waals surface area contributed by atoms with Crippen LogP contribution in [-0.2, 0) is 16.1 Å². The fraction of sp³-hybridized carbons (Fsp3) is 0.731. The number of unbranched alkanes of at least 4 members (excludes halogenated alkanes) is 3. The smallest absolute Gasteiger partial charge is 0.309 e. The van der Waals surface area contributed by atoms with Crippen LogP contribution < -0.4 is 17.0 Å². The van der Waals surface area contributed by atoms with Crippen molar-refractivity contribution in [3.05, 3.63) is 35.9 Å². The highest BCUT2D eigenvalue weighted by Gasteiger charge is 2.35. The molecule has 0 aliphatic heterocycles. The van der Waals surface area contributed by atoms with E-state index < -0.39 is 7.26 Å². The minimum Gasteiger partial charge on any atom is -1.00 e. The van der Waals surface area contributed by atoms with Crippen LogP contribution in [0, 0.1) is 5.92 Å². The number of hydrogen-bond donors (Lipinski definition) is 0. The molecule has 1 unspecified atom stereocenters. The molecule has 1 rings (SSSR count). The maximum atomic E-state index is 12.1. The zero-order valence-corrected chi connectivity index (χ0v) is 23.2. The fourth-order valence-electron chi connectivity index (χ4n) is 4.24. The summed E-state index contributed by atoms with van der Waals surface area (Å²) in [5, 5.41) is 0. The van der Waals surface area contributed by atoms with Crippen molar-refractivity contribution in [2.45, 2.75) is 72.8 Å². The van der Waals surface area contributed by atoms with Crippen LogP contribution in [0.25, 0.3) is 0 Å².